The van der Waals surface area contributed by atoms with E-state index < -0.39 is 5.97 Å². The fraction of sp³-hybridized carbons (Fsp3) is 0.286. The summed E-state index contributed by atoms with van der Waals surface area (Å²) in [7, 11) is 2.95. The minimum Gasteiger partial charge on any atom is -0.496 e. The van der Waals surface area contributed by atoms with Gasteiger partial charge in [0.2, 0.25) is 0 Å². The van der Waals surface area contributed by atoms with Crippen molar-refractivity contribution in [1.82, 2.24) is 9.97 Å². The zero-order valence-electron chi connectivity index (χ0n) is 11.2. The summed E-state index contributed by atoms with van der Waals surface area (Å²) in [5, 5.41) is 0. The summed E-state index contributed by atoms with van der Waals surface area (Å²) >= 11 is 0. The van der Waals surface area contributed by atoms with Gasteiger partial charge in [-0.1, -0.05) is 19.1 Å². The molecule has 0 fully saturated rings. The van der Waals surface area contributed by atoms with Crippen molar-refractivity contribution in [2.24, 2.45) is 0 Å². The van der Waals surface area contributed by atoms with E-state index in [2.05, 4.69) is 9.97 Å². The second-order valence-electron chi connectivity index (χ2n) is 3.96. The Kier molecular flexibility index (Phi) is 3.85. The molecule has 1 aromatic heterocycles. The van der Waals surface area contributed by atoms with Crippen LogP contribution in [0.5, 0.6) is 5.75 Å². The fourth-order valence-corrected chi connectivity index (χ4v) is 1.90. The molecule has 2 aromatic rings. The number of methoxy groups -OCH3 is 2. The smallest absolute Gasteiger partial charge is 0.358 e. The minimum absolute atomic E-state index is 0.325. The van der Waals surface area contributed by atoms with Gasteiger partial charge in [0.15, 0.2) is 5.69 Å². The highest BCUT2D eigenvalue weighted by molar-refractivity contribution is 5.89. The van der Waals surface area contributed by atoms with Gasteiger partial charge >= 0.3 is 5.97 Å². The summed E-state index contributed by atoms with van der Waals surface area (Å²) in [5.74, 6) is 0.874. The third-order valence-electron chi connectivity index (χ3n) is 2.87. The molecule has 5 heteroatoms. The Bertz CT molecular complexity index is 590. The molecule has 5 nitrogen and oxygen atoms in total. The van der Waals surface area contributed by atoms with Crippen molar-refractivity contribution in [3.05, 3.63) is 35.7 Å². The number of rotatable bonds is 4. The molecule has 1 heterocycles. The number of aryl methyl sites for hydroxylation is 1. The van der Waals surface area contributed by atoms with Crippen LogP contribution in [0.3, 0.4) is 0 Å². The average Bonchev–Trinajstić information content (AvgIpc) is 2.90. The van der Waals surface area contributed by atoms with Gasteiger partial charge in [-0.25, -0.2) is 9.78 Å². The number of hydrogen-bond acceptors (Lipinski definition) is 4. The highest BCUT2D eigenvalue weighted by atomic mass is 16.5. The third kappa shape index (κ3) is 2.45. The maximum atomic E-state index is 11.7. The Morgan fingerprint density at radius 2 is 2.05 bits per heavy atom. The van der Waals surface area contributed by atoms with Crippen molar-refractivity contribution in [2.75, 3.05) is 14.2 Å². The molecule has 0 unspecified atom stereocenters. The van der Waals surface area contributed by atoms with Crippen LogP contribution in [-0.4, -0.2) is 30.2 Å². The van der Waals surface area contributed by atoms with E-state index >= 15 is 0 Å². The second-order valence-corrected chi connectivity index (χ2v) is 3.96. The summed E-state index contributed by atoms with van der Waals surface area (Å²) in [6, 6.07) is 7.51. The number of aromatic nitrogens is 2. The SMILES string of the molecule is CCc1[nH]c(-c2ccccc2OC)nc1C(=O)OC. The zero-order chi connectivity index (χ0) is 13.8. The van der Waals surface area contributed by atoms with Gasteiger partial charge in [-0.15, -0.1) is 0 Å². The minimum atomic E-state index is -0.436. The average molecular weight is 260 g/mol. The molecule has 0 aliphatic heterocycles. The van der Waals surface area contributed by atoms with E-state index in [0.717, 1.165) is 11.3 Å². The van der Waals surface area contributed by atoms with Gasteiger partial charge in [0, 0.05) is 5.69 Å². The second kappa shape index (κ2) is 5.56. The molecule has 1 N–H and O–H groups in total. The number of aromatic amines is 1. The zero-order valence-corrected chi connectivity index (χ0v) is 11.2. The van der Waals surface area contributed by atoms with Crippen LogP contribution in [0.2, 0.25) is 0 Å². The number of benzene rings is 1. The quantitative estimate of drug-likeness (QED) is 0.857. The summed E-state index contributed by atoms with van der Waals surface area (Å²) in [5.41, 5.74) is 1.90. The van der Waals surface area contributed by atoms with Crippen molar-refractivity contribution in [2.45, 2.75) is 13.3 Å². The first-order chi connectivity index (χ1) is 9.21. The van der Waals surface area contributed by atoms with Crippen LogP contribution in [0.4, 0.5) is 0 Å². The van der Waals surface area contributed by atoms with Gasteiger partial charge in [0.25, 0.3) is 0 Å². The van der Waals surface area contributed by atoms with Gasteiger partial charge in [0.1, 0.15) is 11.6 Å². The number of hydrogen-bond donors (Lipinski definition) is 1. The number of para-hydroxylation sites is 1. The van der Waals surface area contributed by atoms with Crippen molar-refractivity contribution in [1.29, 1.82) is 0 Å². The molecule has 0 aliphatic carbocycles. The number of carbonyl (C=O) groups excluding carboxylic acids is 1. The molecule has 0 aliphatic rings. The van der Waals surface area contributed by atoms with Crippen molar-refractivity contribution < 1.29 is 14.3 Å². The van der Waals surface area contributed by atoms with Gasteiger partial charge < -0.3 is 14.5 Å². The van der Waals surface area contributed by atoms with Crippen LogP contribution in [0.1, 0.15) is 23.1 Å². The molecule has 0 amide bonds. The number of nitrogens with zero attached hydrogens (tertiary/aromatic N) is 1. The molecule has 0 bridgehead atoms. The molecular formula is C14H16N2O3. The van der Waals surface area contributed by atoms with E-state index in [4.69, 9.17) is 9.47 Å². The molecule has 0 atom stereocenters. The van der Waals surface area contributed by atoms with Gasteiger partial charge in [0.05, 0.1) is 19.8 Å². The van der Waals surface area contributed by atoms with Gasteiger partial charge in [-0.2, -0.15) is 0 Å². The van der Waals surface area contributed by atoms with E-state index in [1.165, 1.54) is 7.11 Å². The van der Waals surface area contributed by atoms with Crippen molar-refractivity contribution in [3.63, 3.8) is 0 Å². The molecule has 2 rings (SSSR count). The first kappa shape index (κ1) is 13.1. The molecular weight excluding hydrogens is 244 g/mol. The van der Waals surface area contributed by atoms with E-state index in [1.807, 2.05) is 31.2 Å². The molecule has 100 valence electrons. The summed E-state index contributed by atoms with van der Waals surface area (Å²) < 4.78 is 10.0. The Morgan fingerprint density at radius 1 is 1.32 bits per heavy atom. The maximum absolute atomic E-state index is 11.7. The standard InChI is InChI=1S/C14H16N2O3/c1-4-10-12(14(17)19-3)16-13(15-10)9-7-5-6-8-11(9)18-2/h5-8H,4H2,1-3H3,(H,15,16). The van der Waals surface area contributed by atoms with E-state index in [0.29, 0.717) is 23.7 Å². The van der Waals surface area contributed by atoms with Crippen molar-refractivity contribution >= 4 is 5.97 Å². The number of nitrogens with one attached hydrogen (secondary N) is 1. The first-order valence-electron chi connectivity index (χ1n) is 6.01. The summed E-state index contributed by atoms with van der Waals surface area (Å²) in [6.45, 7) is 1.95. The number of carbonyl (C=O) groups is 1. The largest absolute Gasteiger partial charge is 0.496 e. The van der Waals surface area contributed by atoms with Crippen LogP contribution < -0.4 is 4.74 Å². The molecule has 0 radical (unpaired) electrons. The Morgan fingerprint density at radius 3 is 2.68 bits per heavy atom. The topological polar surface area (TPSA) is 64.2 Å². The van der Waals surface area contributed by atoms with Crippen LogP contribution in [0.25, 0.3) is 11.4 Å². The molecule has 0 saturated carbocycles. The number of esters is 1. The van der Waals surface area contributed by atoms with E-state index in [1.54, 1.807) is 7.11 Å². The van der Waals surface area contributed by atoms with Crippen LogP contribution in [0, 0.1) is 0 Å². The number of imidazole rings is 1. The highest BCUT2D eigenvalue weighted by Gasteiger charge is 2.19. The molecule has 19 heavy (non-hydrogen) atoms. The summed E-state index contributed by atoms with van der Waals surface area (Å²) in [6.07, 6.45) is 0.673. The lowest BCUT2D eigenvalue weighted by molar-refractivity contribution is 0.0593. The monoisotopic (exact) mass is 260 g/mol. The number of ether oxygens (including phenoxy) is 2. The Balaban J connectivity index is 2.51. The lowest BCUT2D eigenvalue weighted by Gasteiger charge is -2.04. The van der Waals surface area contributed by atoms with Crippen molar-refractivity contribution in [3.8, 4) is 17.1 Å². The number of H-pyrrole nitrogens is 1. The maximum Gasteiger partial charge on any atom is 0.358 e. The fourth-order valence-electron chi connectivity index (χ4n) is 1.90. The van der Waals surface area contributed by atoms with Crippen LogP contribution in [-0.2, 0) is 11.2 Å². The van der Waals surface area contributed by atoms with Crippen LogP contribution >= 0.6 is 0 Å². The van der Waals surface area contributed by atoms with Gasteiger partial charge in [-0.05, 0) is 18.6 Å². The van der Waals surface area contributed by atoms with E-state index in [9.17, 15) is 4.79 Å². The normalized spacial score (nSPS) is 10.3. The Labute approximate surface area is 111 Å². The molecule has 1 aromatic carbocycles. The lowest BCUT2D eigenvalue weighted by Crippen LogP contribution is -2.04. The highest BCUT2D eigenvalue weighted by Crippen LogP contribution is 2.28. The molecule has 0 spiro atoms. The van der Waals surface area contributed by atoms with Crippen LogP contribution in [0.15, 0.2) is 24.3 Å². The summed E-state index contributed by atoms with van der Waals surface area (Å²) in [4.78, 5) is 19.1. The predicted octanol–water partition coefficient (Wildman–Crippen LogP) is 2.43. The Hall–Kier alpha value is -2.30. The molecule has 0 saturated heterocycles. The lowest BCUT2D eigenvalue weighted by atomic mass is 10.2. The first-order valence-corrected chi connectivity index (χ1v) is 6.01. The van der Waals surface area contributed by atoms with Gasteiger partial charge in [-0.3, -0.25) is 0 Å². The predicted molar refractivity (Wildman–Crippen MR) is 71.3 cm³/mol. The third-order valence-corrected chi connectivity index (χ3v) is 2.87. The van der Waals surface area contributed by atoms with E-state index in [-0.39, 0.29) is 0 Å².